The summed E-state index contributed by atoms with van der Waals surface area (Å²) in [6, 6.07) is -1.55. The van der Waals surface area contributed by atoms with Gasteiger partial charge in [-0.15, -0.1) is 0 Å². The van der Waals surface area contributed by atoms with Crippen LogP contribution in [0.25, 0.3) is 0 Å². The average Bonchev–Trinajstić information content (AvgIpc) is 2.32. The van der Waals surface area contributed by atoms with Crippen molar-refractivity contribution in [3.05, 3.63) is 0 Å². The Labute approximate surface area is 114 Å². The lowest BCUT2D eigenvalue weighted by Gasteiger charge is -2.24. The molecule has 6 heteroatoms. The lowest BCUT2D eigenvalue weighted by molar-refractivity contribution is -0.161. The molecule has 2 unspecified atom stereocenters. The molecule has 0 spiro atoms. The molecule has 0 radical (unpaired) electrons. The number of carbonyl (C=O) groups is 3. The highest BCUT2D eigenvalue weighted by Crippen LogP contribution is 2.08. The van der Waals surface area contributed by atoms with Crippen LogP contribution in [0.3, 0.4) is 0 Å². The van der Waals surface area contributed by atoms with Crippen LogP contribution >= 0.6 is 0 Å². The predicted octanol–water partition coefficient (Wildman–Crippen LogP) is 0.590. The van der Waals surface area contributed by atoms with E-state index in [1.165, 1.54) is 0 Å². The molecule has 19 heavy (non-hydrogen) atoms. The van der Waals surface area contributed by atoms with Gasteiger partial charge in [0.15, 0.2) is 0 Å². The maximum Gasteiger partial charge on any atom is 0.336 e. The fraction of sp³-hybridized carbons (Fsp3) is 0.769. The molecule has 0 bridgehead atoms. The van der Waals surface area contributed by atoms with Gasteiger partial charge in [0.05, 0.1) is 6.04 Å². The van der Waals surface area contributed by atoms with Gasteiger partial charge in [-0.1, -0.05) is 34.1 Å². The maximum absolute atomic E-state index is 11.9. The number of amides is 1. The van der Waals surface area contributed by atoms with Crippen molar-refractivity contribution in [3.8, 4) is 0 Å². The molecule has 0 saturated heterocycles. The highest BCUT2D eigenvalue weighted by molar-refractivity contribution is 5.92. The number of carbonyl (C=O) groups excluding carboxylic acids is 3. The van der Waals surface area contributed by atoms with Gasteiger partial charge in [0.25, 0.3) is 0 Å². The molecule has 0 aromatic rings. The summed E-state index contributed by atoms with van der Waals surface area (Å²) in [5.74, 6) is -2.05. The molecule has 0 heterocycles. The molecule has 6 nitrogen and oxygen atoms in total. The Morgan fingerprint density at radius 3 is 2.11 bits per heavy atom. The van der Waals surface area contributed by atoms with Gasteiger partial charge in [0, 0.05) is 6.92 Å². The van der Waals surface area contributed by atoms with Crippen LogP contribution < -0.4 is 11.1 Å². The van der Waals surface area contributed by atoms with Crippen molar-refractivity contribution in [1.29, 1.82) is 0 Å². The zero-order chi connectivity index (χ0) is 15.2. The van der Waals surface area contributed by atoms with E-state index in [9.17, 15) is 14.4 Å². The van der Waals surface area contributed by atoms with E-state index in [2.05, 4.69) is 10.1 Å². The van der Waals surface area contributed by atoms with Gasteiger partial charge in [-0.05, 0) is 11.8 Å². The van der Waals surface area contributed by atoms with Crippen molar-refractivity contribution in [3.63, 3.8) is 0 Å². The van der Waals surface area contributed by atoms with Crippen LogP contribution in [-0.2, 0) is 19.1 Å². The lowest BCUT2D eigenvalue weighted by atomic mass is 9.98. The van der Waals surface area contributed by atoms with Gasteiger partial charge < -0.3 is 15.8 Å². The number of nitrogens with one attached hydrogen (secondary N) is 1. The summed E-state index contributed by atoms with van der Waals surface area (Å²) in [5.41, 5.74) is 5.79. The molecule has 0 fully saturated rings. The normalized spacial score (nSPS) is 15.5. The van der Waals surface area contributed by atoms with Crippen LogP contribution in [0.2, 0.25) is 0 Å². The topological polar surface area (TPSA) is 98.5 Å². The van der Waals surface area contributed by atoms with E-state index < -0.39 is 29.9 Å². The Kier molecular flexibility index (Phi) is 7.29. The first-order chi connectivity index (χ1) is 8.70. The van der Waals surface area contributed by atoms with Crippen LogP contribution in [0, 0.1) is 11.8 Å². The smallest absolute Gasteiger partial charge is 0.336 e. The number of rotatable bonds is 6. The Morgan fingerprint density at radius 1 is 1.21 bits per heavy atom. The Bertz CT molecular complexity index is 342. The summed E-state index contributed by atoms with van der Waals surface area (Å²) in [5, 5.41) is 2.55. The molecule has 0 saturated carbocycles. The van der Waals surface area contributed by atoms with Crippen LogP contribution in [0.5, 0.6) is 0 Å². The van der Waals surface area contributed by atoms with Crippen LogP contribution in [0.15, 0.2) is 0 Å². The zero-order valence-electron chi connectivity index (χ0n) is 12.2. The summed E-state index contributed by atoms with van der Waals surface area (Å²) in [4.78, 5) is 34.4. The molecule has 3 atom stereocenters. The van der Waals surface area contributed by atoms with Crippen LogP contribution in [0.1, 0.15) is 41.0 Å². The van der Waals surface area contributed by atoms with Gasteiger partial charge in [-0.25, -0.2) is 4.79 Å². The van der Waals surface area contributed by atoms with Gasteiger partial charge in [-0.3, -0.25) is 9.59 Å². The van der Waals surface area contributed by atoms with E-state index in [1.807, 2.05) is 13.8 Å². The third-order valence-electron chi connectivity index (χ3n) is 3.02. The number of nitrogens with two attached hydrogens (primary N) is 1. The second-order valence-corrected chi connectivity index (χ2v) is 5.05. The first-order valence-corrected chi connectivity index (χ1v) is 6.48. The third kappa shape index (κ3) is 5.83. The Morgan fingerprint density at radius 2 is 1.74 bits per heavy atom. The molecule has 0 rings (SSSR count). The van der Waals surface area contributed by atoms with E-state index in [4.69, 9.17) is 5.73 Å². The molecule has 0 aromatic heterocycles. The Hall–Kier alpha value is -1.43. The minimum absolute atomic E-state index is 0.0108. The summed E-state index contributed by atoms with van der Waals surface area (Å²) in [6.45, 7) is 8.44. The molecule has 0 aliphatic rings. The van der Waals surface area contributed by atoms with E-state index in [1.54, 1.807) is 13.8 Å². The van der Waals surface area contributed by atoms with Crippen LogP contribution in [0.4, 0.5) is 0 Å². The molecule has 1 amide bonds. The first kappa shape index (κ1) is 17.6. The van der Waals surface area contributed by atoms with E-state index in [-0.39, 0.29) is 11.8 Å². The van der Waals surface area contributed by atoms with Gasteiger partial charge >= 0.3 is 11.9 Å². The van der Waals surface area contributed by atoms with E-state index in [0.29, 0.717) is 0 Å². The number of ether oxygens (including phenoxy) is 1. The van der Waals surface area contributed by atoms with Crippen molar-refractivity contribution in [2.75, 3.05) is 0 Å². The summed E-state index contributed by atoms with van der Waals surface area (Å²) >= 11 is 0. The number of esters is 2. The van der Waals surface area contributed by atoms with Crippen molar-refractivity contribution < 1.29 is 19.1 Å². The average molecular weight is 272 g/mol. The fourth-order valence-corrected chi connectivity index (χ4v) is 1.46. The summed E-state index contributed by atoms with van der Waals surface area (Å²) < 4.78 is 4.51. The molecule has 110 valence electrons. The number of hydrogen-bond donors (Lipinski definition) is 2. The summed E-state index contributed by atoms with van der Waals surface area (Å²) in [7, 11) is 0. The third-order valence-corrected chi connectivity index (χ3v) is 3.02. The molecule has 0 aromatic carbocycles. The van der Waals surface area contributed by atoms with Gasteiger partial charge in [-0.2, -0.15) is 0 Å². The van der Waals surface area contributed by atoms with Gasteiger partial charge in [0.2, 0.25) is 5.91 Å². The largest absolute Gasteiger partial charge is 0.392 e. The van der Waals surface area contributed by atoms with Crippen molar-refractivity contribution in [2.24, 2.45) is 17.6 Å². The monoisotopic (exact) mass is 272 g/mol. The predicted molar refractivity (Wildman–Crippen MR) is 71.0 cm³/mol. The second kappa shape index (κ2) is 7.89. The maximum atomic E-state index is 11.9. The SMILES string of the molecule is CCC(C)[C@H](N)C(=O)NC(C(=O)OC(C)=O)C(C)C. The molecule has 0 aliphatic carbocycles. The summed E-state index contributed by atoms with van der Waals surface area (Å²) in [6.07, 6.45) is 0.763. The van der Waals surface area contributed by atoms with Crippen LogP contribution in [-0.4, -0.2) is 29.9 Å². The zero-order valence-corrected chi connectivity index (χ0v) is 12.2. The highest BCUT2D eigenvalue weighted by atomic mass is 16.6. The highest BCUT2D eigenvalue weighted by Gasteiger charge is 2.29. The van der Waals surface area contributed by atoms with Crippen molar-refractivity contribution in [1.82, 2.24) is 5.32 Å². The molecular formula is C13H24N2O4. The van der Waals surface area contributed by atoms with E-state index in [0.717, 1.165) is 13.3 Å². The lowest BCUT2D eigenvalue weighted by Crippen LogP contribution is -2.53. The minimum atomic E-state index is -0.869. The van der Waals surface area contributed by atoms with E-state index >= 15 is 0 Å². The van der Waals surface area contributed by atoms with Gasteiger partial charge in [0.1, 0.15) is 6.04 Å². The minimum Gasteiger partial charge on any atom is -0.392 e. The molecule has 3 N–H and O–H groups in total. The van der Waals surface area contributed by atoms with Crippen molar-refractivity contribution >= 4 is 17.8 Å². The molecule has 0 aliphatic heterocycles. The Balaban J connectivity index is 4.72. The first-order valence-electron chi connectivity index (χ1n) is 6.48. The van der Waals surface area contributed by atoms with Crippen molar-refractivity contribution in [2.45, 2.75) is 53.1 Å². The standard InChI is InChI=1S/C13H24N2O4/c1-6-8(4)10(14)12(17)15-11(7(2)3)13(18)19-9(5)16/h7-8,10-11H,6,14H2,1-5H3,(H,15,17)/t8?,10-,11?/m0/s1. The molecular weight excluding hydrogens is 248 g/mol. The second-order valence-electron chi connectivity index (χ2n) is 5.05. The fourth-order valence-electron chi connectivity index (χ4n) is 1.46. The number of hydrogen-bond acceptors (Lipinski definition) is 5. The quantitative estimate of drug-likeness (QED) is 0.544.